The quantitative estimate of drug-likeness (QED) is 0.520. The van der Waals surface area contributed by atoms with Gasteiger partial charge in [-0.25, -0.2) is 0 Å². The lowest BCUT2D eigenvalue weighted by molar-refractivity contribution is 0.0358. The summed E-state index contributed by atoms with van der Waals surface area (Å²) in [5.74, 6) is 1.40. The largest absolute Gasteiger partial charge is 0.494 e. The normalized spacial score (nSPS) is 23.4. The third-order valence-electron chi connectivity index (χ3n) is 7.60. The van der Waals surface area contributed by atoms with Crippen molar-refractivity contribution in [2.24, 2.45) is 0 Å². The van der Waals surface area contributed by atoms with Crippen molar-refractivity contribution in [1.29, 1.82) is 0 Å². The van der Waals surface area contributed by atoms with E-state index in [-0.39, 0.29) is 0 Å². The smallest absolute Gasteiger partial charge is 0.119 e. The minimum atomic E-state index is 0.385. The summed E-state index contributed by atoms with van der Waals surface area (Å²) in [4.78, 5) is 9.75. The molecule has 1 aromatic heterocycles. The fourth-order valence-corrected chi connectivity index (χ4v) is 5.87. The molecule has 3 aliphatic heterocycles. The van der Waals surface area contributed by atoms with E-state index in [2.05, 4.69) is 57.2 Å². The number of benzene rings is 2. The van der Waals surface area contributed by atoms with E-state index in [9.17, 15) is 0 Å². The van der Waals surface area contributed by atoms with Crippen molar-refractivity contribution >= 4 is 10.9 Å². The summed E-state index contributed by atoms with van der Waals surface area (Å²) in [5, 5.41) is 1.21. The lowest BCUT2D eigenvalue weighted by Gasteiger charge is -2.37. The van der Waals surface area contributed by atoms with Crippen molar-refractivity contribution < 1.29 is 9.47 Å². The Balaban J connectivity index is 1.21. The van der Waals surface area contributed by atoms with Crippen LogP contribution in [0.1, 0.15) is 47.9 Å². The second-order valence-corrected chi connectivity index (χ2v) is 9.61. The summed E-state index contributed by atoms with van der Waals surface area (Å²) in [6.45, 7) is 7.94. The maximum atomic E-state index is 6.22. The van der Waals surface area contributed by atoms with Crippen molar-refractivity contribution in [3.63, 3.8) is 0 Å². The zero-order valence-electron chi connectivity index (χ0n) is 19.3. The van der Waals surface area contributed by atoms with E-state index in [1.165, 1.54) is 41.5 Å². The second kappa shape index (κ2) is 9.41. The first-order valence-electron chi connectivity index (χ1n) is 12.5. The molecule has 6 rings (SSSR count). The third kappa shape index (κ3) is 4.37. The molecule has 2 saturated heterocycles. The Kier molecular flexibility index (Phi) is 6.02. The Hall–Kier alpha value is -2.47. The Morgan fingerprint density at radius 1 is 1.00 bits per heavy atom. The van der Waals surface area contributed by atoms with E-state index in [1.54, 1.807) is 0 Å². The lowest BCUT2D eigenvalue weighted by Crippen LogP contribution is -2.37. The minimum Gasteiger partial charge on any atom is -0.494 e. The van der Waals surface area contributed by atoms with Gasteiger partial charge in [-0.2, -0.15) is 0 Å². The van der Waals surface area contributed by atoms with Gasteiger partial charge in [0.25, 0.3) is 0 Å². The first-order chi connectivity index (χ1) is 16.3. The van der Waals surface area contributed by atoms with Gasteiger partial charge in [0.2, 0.25) is 0 Å². The highest BCUT2D eigenvalue weighted by Crippen LogP contribution is 2.45. The Bertz CT molecular complexity index is 1110. The van der Waals surface area contributed by atoms with Gasteiger partial charge in [-0.1, -0.05) is 24.3 Å². The van der Waals surface area contributed by atoms with Crippen LogP contribution in [0.3, 0.4) is 0 Å². The van der Waals surface area contributed by atoms with E-state index < -0.39 is 0 Å². The molecular formula is C28H33N3O2. The predicted molar refractivity (Wildman–Crippen MR) is 131 cm³/mol. The molecule has 2 fully saturated rings. The van der Waals surface area contributed by atoms with Crippen LogP contribution in [0.5, 0.6) is 5.75 Å². The van der Waals surface area contributed by atoms with Crippen LogP contribution in [0.25, 0.3) is 10.9 Å². The number of hydrogen-bond acceptors (Lipinski definition) is 5. The Morgan fingerprint density at radius 2 is 1.94 bits per heavy atom. The van der Waals surface area contributed by atoms with Crippen LogP contribution in [0.15, 0.2) is 54.7 Å². The van der Waals surface area contributed by atoms with Gasteiger partial charge in [0.15, 0.2) is 0 Å². The number of nitrogens with zero attached hydrogens (tertiary/aromatic N) is 3. The van der Waals surface area contributed by atoms with Crippen molar-refractivity contribution in [2.75, 3.05) is 52.5 Å². The van der Waals surface area contributed by atoms with Gasteiger partial charge in [-0.3, -0.25) is 14.8 Å². The van der Waals surface area contributed by atoms with Crippen LogP contribution in [0.4, 0.5) is 0 Å². The molecule has 2 atom stereocenters. The first-order valence-corrected chi connectivity index (χ1v) is 12.5. The maximum Gasteiger partial charge on any atom is 0.119 e. The number of pyridine rings is 1. The highest BCUT2D eigenvalue weighted by Gasteiger charge is 2.36. The Morgan fingerprint density at radius 3 is 2.88 bits per heavy atom. The van der Waals surface area contributed by atoms with E-state index in [1.807, 2.05) is 12.3 Å². The molecule has 3 aliphatic rings. The van der Waals surface area contributed by atoms with Gasteiger partial charge in [-0.15, -0.1) is 0 Å². The summed E-state index contributed by atoms with van der Waals surface area (Å²) >= 11 is 0. The molecule has 33 heavy (non-hydrogen) atoms. The van der Waals surface area contributed by atoms with Crippen molar-refractivity contribution in [1.82, 2.24) is 14.8 Å². The van der Waals surface area contributed by atoms with E-state index in [0.29, 0.717) is 12.0 Å². The average molecular weight is 444 g/mol. The molecule has 0 radical (unpaired) electrons. The van der Waals surface area contributed by atoms with E-state index in [4.69, 9.17) is 9.47 Å². The number of aromatic nitrogens is 1. The lowest BCUT2D eigenvalue weighted by atomic mass is 9.81. The molecule has 0 N–H and O–H groups in total. The van der Waals surface area contributed by atoms with Gasteiger partial charge in [-0.05, 0) is 66.8 Å². The summed E-state index contributed by atoms with van der Waals surface area (Å²) < 4.78 is 11.7. The summed E-state index contributed by atoms with van der Waals surface area (Å²) in [6.07, 6.45) is 5.47. The molecule has 0 spiro atoms. The van der Waals surface area contributed by atoms with Crippen LogP contribution >= 0.6 is 0 Å². The van der Waals surface area contributed by atoms with Gasteiger partial charge >= 0.3 is 0 Å². The van der Waals surface area contributed by atoms with Crippen molar-refractivity contribution in [3.8, 4) is 5.75 Å². The molecule has 2 aromatic carbocycles. The molecule has 5 heteroatoms. The zero-order valence-corrected chi connectivity index (χ0v) is 19.3. The Labute approximate surface area is 196 Å². The SMILES string of the molecule is c1cnc2cc(C3CN4CCCC4c4cc(OCCCN5CCOCC5)ccc43)ccc2c1. The molecule has 0 aliphatic carbocycles. The van der Waals surface area contributed by atoms with E-state index in [0.717, 1.165) is 63.7 Å². The van der Waals surface area contributed by atoms with E-state index >= 15 is 0 Å². The number of fused-ring (bicyclic) bond motifs is 4. The van der Waals surface area contributed by atoms with Crippen LogP contribution in [-0.4, -0.2) is 67.3 Å². The average Bonchev–Trinajstić information content (AvgIpc) is 3.35. The standard InChI is InChI=1S/C28H33N3O2/c1-4-21-6-7-22(18-27(21)29-10-1)26-20-31-12-2-5-28(31)25-19-23(8-9-24(25)26)33-15-3-11-30-13-16-32-17-14-30/h1,4,6-10,18-19,26,28H,2-3,5,11-17,20H2. The molecule has 5 nitrogen and oxygen atoms in total. The number of morpholine rings is 1. The summed E-state index contributed by atoms with van der Waals surface area (Å²) in [7, 11) is 0. The summed E-state index contributed by atoms with van der Waals surface area (Å²) in [5.41, 5.74) is 5.39. The fourth-order valence-electron chi connectivity index (χ4n) is 5.87. The molecule has 4 heterocycles. The fraction of sp³-hybridized carbons (Fsp3) is 0.464. The molecule has 172 valence electrons. The van der Waals surface area contributed by atoms with Gasteiger partial charge in [0.1, 0.15) is 5.75 Å². The zero-order chi connectivity index (χ0) is 22.0. The molecular weight excluding hydrogens is 410 g/mol. The summed E-state index contributed by atoms with van der Waals surface area (Å²) in [6, 6.07) is 18.3. The first kappa shape index (κ1) is 21.1. The second-order valence-electron chi connectivity index (χ2n) is 9.61. The van der Waals surface area contributed by atoms with Gasteiger partial charge < -0.3 is 9.47 Å². The van der Waals surface area contributed by atoms with Gasteiger partial charge in [0.05, 0.1) is 25.3 Å². The highest BCUT2D eigenvalue weighted by atomic mass is 16.5. The van der Waals surface area contributed by atoms with Gasteiger partial charge in [0, 0.05) is 49.7 Å². The number of rotatable bonds is 6. The van der Waals surface area contributed by atoms with Crippen LogP contribution in [-0.2, 0) is 4.74 Å². The molecule has 0 amide bonds. The third-order valence-corrected chi connectivity index (χ3v) is 7.60. The number of ether oxygens (including phenoxy) is 2. The van der Waals surface area contributed by atoms with Crippen LogP contribution in [0, 0.1) is 0 Å². The molecule has 3 aromatic rings. The molecule has 2 unspecified atom stereocenters. The monoisotopic (exact) mass is 443 g/mol. The van der Waals surface area contributed by atoms with Crippen LogP contribution < -0.4 is 4.74 Å². The van der Waals surface area contributed by atoms with Crippen molar-refractivity contribution in [3.05, 3.63) is 71.4 Å². The molecule has 0 bridgehead atoms. The maximum absolute atomic E-state index is 6.22. The van der Waals surface area contributed by atoms with Crippen LogP contribution in [0.2, 0.25) is 0 Å². The minimum absolute atomic E-state index is 0.385. The predicted octanol–water partition coefficient (Wildman–Crippen LogP) is 4.62. The molecule has 0 saturated carbocycles. The number of hydrogen-bond donors (Lipinski definition) is 0. The van der Waals surface area contributed by atoms with Crippen molar-refractivity contribution in [2.45, 2.75) is 31.2 Å². The highest BCUT2D eigenvalue weighted by molar-refractivity contribution is 5.79. The topological polar surface area (TPSA) is 37.8 Å².